The smallest absolute Gasteiger partial charge is 0.343 e. The average molecular weight is 392 g/mol. The van der Waals surface area contributed by atoms with Gasteiger partial charge >= 0.3 is 6.18 Å². The third kappa shape index (κ3) is 4.67. The van der Waals surface area contributed by atoms with Crippen LogP contribution < -0.4 is 10.6 Å². The number of amides is 2. The molecule has 2 amide bonds. The van der Waals surface area contributed by atoms with Gasteiger partial charge in [0.15, 0.2) is 0 Å². The minimum Gasteiger partial charge on any atom is -0.343 e. The molecule has 2 atom stereocenters. The summed E-state index contributed by atoms with van der Waals surface area (Å²) in [6, 6.07) is 5.24. The van der Waals surface area contributed by atoms with Gasteiger partial charge in [-0.25, -0.2) is 0 Å². The molecule has 3 rings (SSSR count). The standard InChI is InChI=1S/C17H20F3N3O2.ClH/c18-17(19,20)14-4-2-1-3-13(14)16(25)21-9-15(24)23-8-7-11-5-6-12(10-23)22-11;/h1-4,11-12,22H,5-10H2,(H,21,25);1H. The number of likely N-dealkylation sites (tertiary alicyclic amines) is 1. The molecule has 0 radical (unpaired) electrons. The Morgan fingerprint density at radius 2 is 1.85 bits per heavy atom. The van der Waals surface area contributed by atoms with Gasteiger partial charge in [-0.05, 0) is 31.4 Å². The first-order chi connectivity index (χ1) is 11.8. The van der Waals surface area contributed by atoms with Crippen molar-refractivity contribution in [3.05, 3.63) is 35.4 Å². The Bertz CT molecular complexity index is 669. The van der Waals surface area contributed by atoms with Crippen molar-refractivity contribution in [2.24, 2.45) is 0 Å². The van der Waals surface area contributed by atoms with Crippen molar-refractivity contribution in [3.8, 4) is 0 Å². The first kappa shape index (κ1) is 20.5. The molecule has 2 N–H and O–H groups in total. The van der Waals surface area contributed by atoms with E-state index in [9.17, 15) is 22.8 Å². The zero-order chi connectivity index (χ0) is 18.0. The van der Waals surface area contributed by atoms with Crippen molar-refractivity contribution in [3.63, 3.8) is 0 Å². The van der Waals surface area contributed by atoms with E-state index in [0.717, 1.165) is 31.4 Å². The molecule has 0 aliphatic carbocycles. The minimum atomic E-state index is -4.62. The van der Waals surface area contributed by atoms with E-state index in [-0.39, 0.29) is 30.9 Å². The molecule has 2 heterocycles. The maximum atomic E-state index is 13.0. The molecule has 0 aromatic heterocycles. The van der Waals surface area contributed by atoms with E-state index in [1.165, 1.54) is 12.1 Å². The maximum Gasteiger partial charge on any atom is 0.417 e. The molecule has 1 aromatic rings. The van der Waals surface area contributed by atoms with E-state index in [0.29, 0.717) is 19.1 Å². The second-order valence-corrected chi connectivity index (χ2v) is 6.49. The highest BCUT2D eigenvalue weighted by Crippen LogP contribution is 2.31. The second-order valence-electron chi connectivity index (χ2n) is 6.49. The number of hydrogen-bond donors (Lipinski definition) is 2. The van der Waals surface area contributed by atoms with E-state index >= 15 is 0 Å². The Morgan fingerprint density at radius 3 is 2.58 bits per heavy atom. The molecule has 2 aliphatic rings. The van der Waals surface area contributed by atoms with Gasteiger partial charge in [-0.15, -0.1) is 12.4 Å². The van der Waals surface area contributed by atoms with Crippen molar-refractivity contribution in [2.75, 3.05) is 19.6 Å². The number of hydrogen-bond acceptors (Lipinski definition) is 3. The summed E-state index contributed by atoms with van der Waals surface area (Å²) in [4.78, 5) is 26.1. The van der Waals surface area contributed by atoms with Gasteiger partial charge in [-0.1, -0.05) is 12.1 Å². The third-order valence-electron chi connectivity index (χ3n) is 4.75. The first-order valence-electron chi connectivity index (χ1n) is 8.33. The van der Waals surface area contributed by atoms with Gasteiger partial charge in [0.1, 0.15) is 0 Å². The molecule has 26 heavy (non-hydrogen) atoms. The highest BCUT2D eigenvalue weighted by Gasteiger charge is 2.35. The van der Waals surface area contributed by atoms with Crippen LogP contribution in [0, 0.1) is 0 Å². The number of benzene rings is 1. The van der Waals surface area contributed by atoms with Gasteiger partial charge in [0, 0.05) is 25.2 Å². The number of halogens is 4. The minimum absolute atomic E-state index is 0. The van der Waals surface area contributed by atoms with Crippen LogP contribution in [-0.2, 0) is 11.0 Å². The Balaban J connectivity index is 0.00000243. The number of alkyl halides is 3. The predicted octanol–water partition coefficient (Wildman–Crippen LogP) is 2.21. The lowest BCUT2D eigenvalue weighted by Crippen LogP contribution is -2.44. The van der Waals surface area contributed by atoms with E-state index in [2.05, 4.69) is 10.6 Å². The number of rotatable bonds is 3. The Kier molecular flexibility index (Phi) is 6.52. The van der Waals surface area contributed by atoms with Crippen LogP contribution in [-0.4, -0.2) is 48.4 Å². The van der Waals surface area contributed by atoms with Gasteiger partial charge in [-0.3, -0.25) is 9.59 Å². The third-order valence-corrected chi connectivity index (χ3v) is 4.75. The van der Waals surface area contributed by atoms with E-state index < -0.39 is 23.2 Å². The summed E-state index contributed by atoms with van der Waals surface area (Å²) in [5.41, 5.74) is -1.48. The van der Waals surface area contributed by atoms with Crippen LogP contribution in [0.4, 0.5) is 13.2 Å². The molecule has 2 bridgehead atoms. The second kappa shape index (κ2) is 8.26. The van der Waals surface area contributed by atoms with Gasteiger partial charge in [0.2, 0.25) is 5.91 Å². The summed E-state index contributed by atoms with van der Waals surface area (Å²) in [5, 5.41) is 5.77. The molecule has 2 unspecified atom stereocenters. The summed E-state index contributed by atoms with van der Waals surface area (Å²) in [7, 11) is 0. The molecule has 9 heteroatoms. The SMILES string of the molecule is Cl.O=C(NCC(=O)N1CCC2CCC(C1)N2)c1ccccc1C(F)(F)F. The van der Waals surface area contributed by atoms with Gasteiger partial charge in [-0.2, -0.15) is 13.2 Å². The molecule has 2 saturated heterocycles. The molecular weight excluding hydrogens is 371 g/mol. The van der Waals surface area contributed by atoms with Crippen LogP contribution >= 0.6 is 12.4 Å². The average Bonchev–Trinajstić information content (AvgIpc) is 2.90. The highest BCUT2D eigenvalue weighted by atomic mass is 35.5. The molecule has 5 nitrogen and oxygen atoms in total. The van der Waals surface area contributed by atoms with Crippen molar-refractivity contribution in [1.82, 2.24) is 15.5 Å². The van der Waals surface area contributed by atoms with Crippen LogP contribution in [0.25, 0.3) is 0 Å². The van der Waals surface area contributed by atoms with Crippen LogP contribution in [0.15, 0.2) is 24.3 Å². The summed E-state index contributed by atoms with van der Waals surface area (Å²) >= 11 is 0. The van der Waals surface area contributed by atoms with Crippen LogP contribution in [0.1, 0.15) is 35.2 Å². The van der Waals surface area contributed by atoms with Crippen molar-refractivity contribution >= 4 is 24.2 Å². The van der Waals surface area contributed by atoms with Crippen molar-refractivity contribution in [2.45, 2.75) is 37.5 Å². The lowest BCUT2D eigenvalue weighted by Gasteiger charge is -2.24. The van der Waals surface area contributed by atoms with Crippen LogP contribution in [0.3, 0.4) is 0 Å². The van der Waals surface area contributed by atoms with Crippen LogP contribution in [0.5, 0.6) is 0 Å². The Labute approximate surface area is 155 Å². The summed E-state index contributed by atoms with van der Waals surface area (Å²) in [6.07, 6.45) is -1.64. The zero-order valence-electron chi connectivity index (χ0n) is 14.0. The Hall–Kier alpha value is -1.80. The number of carbonyl (C=O) groups excluding carboxylic acids is 2. The van der Waals surface area contributed by atoms with Gasteiger partial charge in [0.25, 0.3) is 5.91 Å². The quantitative estimate of drug-likeness (QED) is 0.830. The molecule has 144 valence electrons. The summed E-state index contributed by atoms with van der Waals surface area (Å²) < 4.78 is 38.9. The zero-order valence-corrected chi connectivity index (χ0v) is 14.8. The maximum absolute atomic E-state index is 13.0. The number of carbonyl (C=O) groups is 2. The molecular formula is C17H21ClF3N3O2. The van der Waals surface area contributed by atoms with E-state index in [1.807, 2.05) is 0 Å². The summed E-state index contributed by atoms with van der Waals surface area (Å²) in [5.74, 6) is -1.16. The summed E-state index contributed by atoms with van der Waals surface area (Å²) in [6.45, 7) is 0.870. The molecule has 2 aliphatic heterocycles. The van der Waals surface area contributed by atoms with Gasteiger partial charge in [0.05, 0.1) is 17.7 Å². The molecule has 0 saturated carbocycles. The molecule has 0 spiro atoms. The molecule has 1 aromatic carbocycles. The number of fused-ring (bicyclic) bond motifs is 2. The normalized spacial score (nSPS) is 22.3. The monoisotopic (exact) mass is 391 g/mol. The molecule has 2 fully saturated rings. The van der Waals surface area contributed by atoms with E-state index in [1.54, 1.807) is 4.90 Å². The lowest BCUT2D eigenvalue weighted by atomic mass is 10.1. The number of nitrogens with zero attached hydrogens (tertiary/aromatic N) is 1. The van der Waals surface area contributed by atoms with Crippen molar-refractivity contribution in [1.29, 1.82) is 0 Å². The van der Waals surface area contributed by atoms with Crippen LogP contribution in [0.2, 0.25) is 0 Å². The predicted molar refractivity (Wildman–Crippen MR) is 92.2 cm³/mol. The number of nitrogens with one attached hydrogen (secondary N) is 2. The lowest BCUT2D eigenvalue weighted by molar-refractivity contribution is -0.137. The highest BCUT2D eigenvalue weighted by molar-refractivity contribution is 5.97. The first-order valence-corrected chi connectivity index (χ1v) is 8.33. The Morgan fingerprint density at radius 1 is 1.15 bits per heavy atom. The largest absolute Gasteiger partial charge is 0.417 e. The van der Waals surface area contributed by atoms with Gasteiger partial charge < -0.3 is 15.5 Å². The topological polar surface area (TPSA) is 61.4 Å². The van der Waals surface area contributed by atoms with Crippen molar-refractivity contribution < 1.29 is 22.8 Å². The fourth-order valence-electron chi connectivity index (χ4n) is 3.46. The van der Waals surface area contributed by atoms with E-state index in [4.69, 9.17) is 0 Å². The fraction of sp³-hybridized carbons (Fsp3) is 0.529. The fourth-order valence-corrected chi connectivity index (χ4v) is 3.46.